The zero-order valence-electron chi connectivity index (χ0n) is 13.6. The molecule has 1 aliphatic rings. The minimum atomic E-state index is -3.09. The highest BCUT2D eigenvalue weighted by molar-refractivity contribution is 7.89. The second kappa shape index (κ2) is 6.82. The first-order valence-electron chi connectivity index (χ1n) is 7.82. The van der Waals surface area contributed by atoms with Gasteiger partial charge >= 0.3 is 0 Å². The fourth-order valence-electron chi connectivity index (χ4n) is 3.32. The molecule has 0 radical (unpaired) electrons. The SMILES string of the molecule is CC1CCCCC1N(C)C(=O)c1cccc(CS(C)(=O)=O)c1. The maximum absolute atomic E-state index is 12.7. The molecule has 122 valence electrons. The van der Waals surface area contributed by atoms with Gasteiger partial charge in [0.05, 0.1) is 5.75 Å². The van der Waals surface area contributed by atoms with Crippen molar-refractivity contribution in [1.29, 1.82) is 0 Å². The number of nitrogens with zero attached hydrogens (tertiary/aromatic N) is 1. The zero-order valence-corrected chi connectivity index (χ0v) is 14.4. The predicted octanol–water partition coefficient (Wildman–Crippen LogP) is 2.88. The van der Waals surface area contributed by atoms with Crippen molar-refractivity contribution in [2.45, 2.75) is 44.4 Å². The van der Waals surface area contributed by atoms with Crippen LogP contribution in [0.2, 0.25) is 0 Å². The third-order valence-corrected chi connectivity index (χ3v) is 5.34. The van der Waals surface area contributed by atoms with Gasteiger partial charge in [-0.3, -0.25) is 4.79 Å². The maximum atomic E-state index is 12.7. The van der Waals surface area contributed by atoms with Crippen LogP contribution < -0.4 is 0 Å². The van der Waals surface area contributed by atoms with E-state index in [4.69, 9.17) is 0 Å². The molecule has 0 bridgehead atoms. The van der Waals surface area contributed by atoms with Crippen LogP contribution in [0.4, 0.5) is 0 Å². The third-order valence-electron chi connectivity index (χ3n) is 4.49. The van der Waals surface area contributed by atoms with Gasteiger partial charge in [-0.25, -0.2) is 8.42 Å². The lowest BCUT2D eigenvalue weighted by Gasteiger charge is -2.36. The van der Waals surface area contributed by atoms with Crippen molar-refractivity contribution in [2.75, 3.05) is 13.3 Å². The van der Waals surface area contributed by atoms with Gasteiger partial charge in [0.25, 0.3) is 5.91 Å². The van der Waals surface area contributed by atoms with Crippen molar-refractivity contribution in [1.82, 2.24) is 4.90 Å². The molecule has 2 atom stereocenters. The first-order chi connectivity index (χ1) is 10.3. The summed E-state index contributed by atoms with van der Waals surface area (Å²) in [6.45, 7) is 2.20. The predicted molar refractivity (Wildman–Crippen MR) is 88.5 cm³/mol. The molecule has 0 N–H and O–H groups in total. The monoisotopic (exact) mass is 323 g/mol. The molecule has 0 aromatic heterocycles. The molecule has 1 fully saturated rings. The van der Waals surface area contributed by atoms with Gasteiger partial charge in [0, 0.05) is 24.9 Å². The molecular formula is C17H25NO3S. The van der Waals surface area contributed by atoms with Crippen molar-refractivity contribution < 1.29 is 13.2 Å². The van der Waals surface area contributed by atoms with E-state index in [9.17, 15) is 13.2 Å². The quantitative estimate of drug-likeness (QED) is 0.856. The van der Waals surface area contributed by atoms with Crippen LogP contribution in [0.25, 0.3) is 0 Å². The molecule has 0 heterocycles. The molecule has 1 saturated carbocycles. The summed E-state index contributed by atoms with van der Waals surface area (Å²) in [5.74, 6) is 0.466. The Hall–Kier alpha value is -1.36. The summed E-state index contributed by atoms with van der Waals surface area (Å²) in [5, 5.41) is 0. The Morgan fingerprint density at radius 1 is 1.27 bits per heavy atom. The van der Waals surface area contributed by atoms with Gasteiger partial charge in [0.15, 0.2) is 9.84 Å². The van der Waals surface area contributed by atoms with Crippen LogP contribution in [-0.4, -0.2) is 38.6 Å². The second-order valence-corrected chi connectivity index (χ2v) is 8.66. The summed E-state index contributed by atoms with van der Waals surface area (Å²) in [6, 6.07) is 7.25. The van der Waals surface area contributed by atoms with Crippen molar-refractivity contribution >= 4 is 15.7 Å². The Bertz CT molecular complexity index is 639. The van der Waals surface area contributed by atoms with Crippen molar-refractivity contribution in [3.8, 4) is 0 Å². The highest BCUT2D eigenvalue weighted by Crippen LogP contribution is 2.28. The van der Waals surface area contributed by atoms with E-state index in [1.54, 1.807) is 24.3 Å². The van der Waals surface area contributed by atoms with E-state index in [0.29, 0.717) is 17.0 Å². The number of hydrogen-bond acceptors (Lipinski definition) is 3. The second-order valence-electron chi connectivity index (χ2n) is 6.52. The van der Waals surface area contributed by atoms with Crippen LogP contribution in [0.3, 0.4) is 0 Å². The van der Waals surface area contributed by atoms with Crippen LogP contribution >= 0.6 is 0 Å². The Kier molecular flexibility index (Phi) is 5.27. The Labute approximate surface area is 133 Å². The highest BCUT2D eigenvalue weighted by atomic mass is 32.2. The van der Waals surface area contributed by atoms with Crippen LogP contribution in [-0.2, 0) is 15.6 Å². The molecule has 0 saturated heterocycles. The van der Waals surface area contributed by atoms with Gasteiger partial charge in [-0.1, -0.05) is 31.9 Å². The van der Waals surface area contributed by atoms with Crippen LogP contribution in [0.15, 0.2) is 24.3 Å². The zero-order chi connectivity index (χ0) is 16.3. The third kappa shape index (κ3) is 4.32. The lowest BCUT2D eigenvalue weighted by Crippen LogP contribution is -2.42. The number of benzene rings is 1. The van der Waals surface area contributed by atoms with E-state index >= 15 is 0 Å². The topological polar surface area (TPSA) is 54.5 Å². The van der Waals surface area contributed by atoms with E-state index in [-0.39, 0.29) is 17.7 Å². The smallest absolute Gasteiger partial charge is 0.253 e. The number of sulfone groups is 1. The number of rotatable bonds is 4. The minimum Gasteiger partial charge on any atom is -0.338 e. The molecule has 22 heavy (non-hydrogen) atoms. The normalized spacial score (nSPS) is 22.3. The Morgan fingerprint density at radius 3 is 2.59 bits per heavy atom. The van der Waals surface area contributed by atoms with Gasteiger partial charge in [-0.05, 0) is 36.5 Å². The van der Waals surface area contributed by atoms with Gasteiger partial charge in [-0.15, -0.1) is 0 Å². The molecule has 0 aliphatic heterocycles. The fourth-order valence-corrected chi connectivity index (χ4v) is 4.11. The molecular weight excluding hydrogens is 298 g/mol. The minimum absolute atomic E-state index is 0.0194. The molecule has 1 aliphatic carbocycles. The number of hydrogen-bond donors (Lipinski definition) is 0. The van der Waals surface area contributed by atoms with Crippen LogP contribution in [0, 0.1) is 5.92 Å². The number of amides is 1. The van der Waals surface area contributed by atoms with Gasteiger partial charge in [0.1, 0.15) is 0 Å². The lowest BCUT2D eigenvalue weighted by molar-refractivity contribution is 0.0629. The fraction of sp³-hybridized carbons (Fsp3) is 0.588. The first kappa shape index (κ1) is 17.0. The largest absolute Gasteiger partial charge is 0.338 e. The molecule has 1 aromatic carbocycles. The van der Waals surface area contributed by atoms with Crippen molar-refractivity contribution in [3.05, 3.63) is 35.4 Å². The number of carbonyl (C=O) groups excluding carboxylic acids is 1. The molecule has 2 unspecified atom stereocenters. The summed E-state index contributed by atoms with van der Waals surface area (Å²) >= 11 is 0. The molecule has 5 heteroatoms. The average molecular weight is 323 g/mol. The van der Waals surface area contributed by atoms with Crippen molar-refractivity contribution in [3.63, 3.8) is 0 Å². The Balaban J connectivity index is 2.16. The average Bonchev–Trinajstić information content (AvgIpc) is 2.45. The van der Waals surface area contributed by atoms with Crippen LogP contribution in [0.1, 0.15) is 48.5 Å². The van der Waals surface area contributed by atoms with Crippen molar-refractivity contribution in [2.24, 2.45) is 5.92 Å². The van der Waals surface area contributed by atoms with E-state index in [0.717, 1.165) is 12.8 Å². The molecule has 4 nitrogen and oxygen atoms in total. The van der Waals surface area contributed by atoms with Gasteiger partial charge in [-0.2, -0.15) is 0 Å². The van der Waals surface area contributed by atoms with Gasteiger partial charge in [0.2, 0.25) is 0 Å². The lowest BCUT2D eigenvalue weighted by atomic mass is 9.85. The molecule has 0 spiro atoms. The van der Waals surface area contributed by atoms with Crippen LogP contribution in [0.5, 0.6) is 0 Å². The van der Waals surface area contributed by atoms with Gasteiger partial charge < -0.3 is 4.90 Å². The molecule has 1 aromatic rings. The summed E-state index contributed by atoms with van der Waals surface area (Å²) in [6.07, 6.45) is 5.82. The summed E-state index contributed by atoms with van der Waals surface area (Å²) < 4.78 is 22.8. The highest BCUT2D eigenvalue weighted by Gasteiger charge is 2.28. The summed E-state index contributed by atoms with van der Waals surface area (Å²) in [4.78, 5) is 14.5. The number of carbonyl (C=O) groups is 1. The summed E-state index contributed by atoms with van der Waals surface area (Å²) in [5.41, 5.74) is 1.24. The van der Waals surface area contributed by atoms with E-state index in [2.05, 4.69) is 6.92 Å². The van der Waals surface area contributed by atoms with E-state index in [1.165, 1.54) is 19.1 Å². The standard InChI is InChI=1S/C17H25NO3S/c1-13-7-4-5-10-16(13)18(2)17(19)15-9-6-8-14(11-15)12-22(3,20)21/h6,8-9,11,13,16H,4-5,7,10,12H2,1-3H3. The van der Waals surface area contributed by atoms with E-state index < -0.39 is 9.84 Å². The maximum Gasteiger partial charge on any atom is 0.253 e. The van der Waals surface area contributed by atoms with E-state index in [1.807, 2.05) is 11.9 Å². The Morgan fingerprint density at radius 2 is 1.95 bits per heavy atom. The first-order valence-corrected chi connectivity index (χ1v) is 9.88. The summed E-state index contributed by atoms with van der Waals surface area (Å²) in [7, 11) is -1.23. The molecule has 1 amide bonds. The molecule has 2 rings (SSSR count).